The molecular formula is C10H10BrNO3S. The van der Waals surface area contributed by atoms with E-state index in [1.165, 1.54) is 31.4 Å². The zero-order chi connectivity index (χ0) is 12.1. The summed E-state index contributed by atoms with van der Waals surface area (Å²) in [7, 11) is 1.31. The van der Waals surface area contributed by atoms with Gasteiger partial charge in [-0.2, -0.15) is 0 Å². The average Bonchev–Trinajstić information content (AvgIpc) is 2.54. The summed E-state index contributed by atoms with van der Waals surface area (Å²) in [6, 6.07) is 1.81. The summed E-state index contributed by atoms with van der Waals surface area (Å²) in [4.78, 5) is 21.9. The Hall–Kier alpha value is -1.14. The summed E-state index contributed by atoms with van der Waals surface area (Å²) in [5, 5.41) is 3.38. The van der Waals surface area contributed by atoms with Crippen molar-refractivity contribution in [2.24, 2.45) is 0 Å². The molecule has 0 radical (unpaired) electrons. The number of halogens is 1. The smallest absolute Gasteiger partial charge is 0.330 e. The molecule has 0 spiro atoms. The monoisotopic (exact) mass is 303 g/mol. The Bertz CT molecular complexity index is 439. The molecule has 0 aliphatic heterocycles. The normalized spacial score (nSPS) is 10.4. The van der Waals surface area contributed by atoms with Gasteiger partial charge in [-0.25, -0.2) is 4.79 Å². The zero-order valence-corrected chi connectivity index (χ0v) is 11.1. The van der Waals surface area contributed by atoms with Crippen LogP contribution in [0.25, 0.3) is 6.08 Å². The Labute approximate surface area is 105 Å². The number of carbonyl (C=O) groups is 2. The second-order valence-corrected chi connectivity index (χ2v) is 5.30. The van der Waals surface area contributed by atoms with Crippen LogP contribution in [0.4, 0.5) is 5.00 Å². The number of amides is 1. The summed E-state index contributed by atoms with van der Waals surface area (Å²) in [5.74, 6) is -0.585. The minimum Gasteiger partial charge on any atom is -0.466 e. The second-order valence-electron chi connectivity index (χ2n) is 2.87. The Morgan fingerprint density at radius 3 is 2.81 bits per heavy atom. The lowest BCUT2D eigenvalue weighted by Crippen LogP contribution is -2.04. The van der Waals surface area contributed by atoms with Crippen molar-refractivity contribution in [1.29, 1.82) is 0 Å². The maximum absolute atomic E-state index is 10.9. The summed E-state index contributed by atoms with van der Waals surface area (Å²) in [6.45, 7) is 1.43. The molecule has 0 saturated carbocycles. The van der Waals surface area contributed by atoms with E-state index in [4.69, 9.17) is 0 Å². The van der Waals surface area contributed by atoms with Crippen LogP contribution in [0.15, 0.2) is 15.9 Å². The number of carbonyl (C=O) groups excluding carboxylic acids is 2. The van der Waals surface area contributed by atoms with Crippen molar-refractivity contribution in [3.8, 4) is 0 Å². The number of thiophene rings is 1. The predicted molar refractivity (Wildman–Crippen MR) is 67.4 cm³/mol. The van der Waals surface area contributed by atoms with Crippen molar-refractivity contribution in [3.63, 3.8) is 0 Å². The van der Waals surface area contributed by atoms with Crippen LogP contribution in [0.1, 0.15) is 12.5 Å². The number of esters is 1. The molecule has 1 amide bonds. The van der Waals surface area contributed by atoms with E-state index in [1.807, 2.05) is 6.07 Å². The van der Waals surface area contributed by atoms with Crippen molar-refractivity contribution < 1.29 is 14.3 Å². The predicted octanol–water partition coefficient (Wildman–Crippen LogP) is 2.66. The minimum absolute atomic E-state index is 0.151. The van der Waals surface area contributed by atoms with Gasteiger partial charge in [-0.05, 0) is 28.1 Å². The van der Waals surface area contributed by atoms with E-state index in [1.54, 1.807) is 6.08 Å². The summed E-state index contributed by atoms with van der Waals surface area (Å²) in [6.07, 6.45) is 2.90. The van der Waals surface area contributed by atoms with Crippen LogP contribution in [0.5, 0.6) is 0 Å². The quantitative estimate of drug-likeness (QED) is 0.690. The Kier molecular flexibility index (Phi) is 4.70. The SMILES string of the molecule is COC(=O)/C=C\c1cc(Br)sc1NC(C)=O. The van der Waals surface area contributed by atoms with Crippen LogP contribution in [0, 0.1) is 0 Å². The van der Waals surface area contributed by atoms with Crippen molar-refractivity contribution in [2.45, 2.75) is 6.92 Å². The fraction of sp³-hybridized carbons (Fsp3) is 0.200. The van der Waals surface area contributed by atoms with E-state index in [2.05, 4.69) is 26.0 Å². The molecule has 0 aliphatic rings. The molecule has 0 aromatic carbocycles. The van der Waals surface area contributed by atoms with E-state index in [0.29, 0.717) is 5.00 Å². The Morgan fingerprint density at radius 2 is 2.25 bits per heavy atom. The van der Waals surface area contributed by atoms with E-state index in [0.717, 1.165) is 9.35 Å². The largest absolute Gasteiger partial charge is 0.466 e. The van der Waals surface area contributed by atoms with E-state index in [-0.39, 0.29) is 5.91 Å². The van der Waals surface area contributed by atoms with Crippen LogP contribution in [0.2, 0.25) is 0 Å². The fourth-order valence-corrected chi connectivity index (χ4v) is 2.53. The van der Waals surface area contributed by atoms with Crippen molar-refractivity contribution in [1.82, 2.24) is 0 Å². The van der Waals surface area contributed by atoms with Gasteiger partial charge >= 0.3 is 5.97 Å². The topological polar surface area (TPSA) is 55.4 Å². The van der Waals surface area contributed by atoms with E-state index >= 15 is 0 Å². The van der Waals surface area contributed by atoms with Crippen LogP contribution in [-0.4, -0.2) is 19.0 Å². The first kappa shape index (κ1) is 12.9. The maximum atomic E-state index is 10.9. The van der Waals surface area contributed by atoms with Gasteiger partial charge in [0.2, 0.25) is 5.91 Å². The molecule has 6 heteroatoms. The molecule has 0 bridgehead atoms. The van der Waals surface area contributed by atoms with Gasteiger partial charge < -0.3 is 10.1 Å². The molecule has 1 aromatic heterocycles. The molecule has 0 aliphatic carbocycles. The van der Waals surface area contributed by atoms with E-state index in [9.17, 15) is 9.59 Å². The van der Waals surface area contributed by atoms with E-state index < -0.39 is 5.97 Å². The fourth-order valence-electron chi connectivity index (χ4n) is 0.981. The number of methoxy groups -OCH3 is 1. The molecule has 1 N–H and O–H groups in total. The second kappa shape index (κ2) is 5.81. The third kappa shape index (κ3) is 3.79. The first-order valence-electron chi connectivity index (χ1n) is 4.36. The summed E-state index contributed by atoms with van der Waals surface area (Å²) < 4.78 is 5.35. The summed E-state index contributed by atoms with van der Waals surface area (Å²) in [5.41, 5.74) is 0.762. The molecule has 1 rings (SSSR count). The van der Waals surface area contributed by atoms with Gasteiger partial charge in [-0.15, -0.1) is 11.3 Å². The number of anilines is 1. The molecule has 1 heterocycles. The molecule has 86 valence electrons. The minimum atomic E-state index is -0.434. The number of hydrogen-bond acceptors (Lipinski definition) is 4. The van der Waals surface area contributed by atoms with Crippen molar-refractivity contribution in [2.75, 3.05) is 12.4 Å². The van der Waals surface area contributed by atoms with Gasteiger partial charge in [0, 0.05) is 18.6 Å². The Balaban J connectivity index is 2.90. The van der Waals surface area contributed by atoms with Gasteiger partial charge in [0.25, 0.3) is 0 Å². The average molecular weight is 304 g/mol. The van der Waals surface area contributed by atoms with Crippen molar-refractivity contribution in [3.05, 3.63) is 21.5 Å². The highest BCUT2D eigenvalue weighted by atomic mass is 79.9. The van der Waals surface area contributed by atoms with Crippen LogP contribution in [0.3, 0.4) is 0 Å². The molecule has 0 saturated heterocycles. The first-order valence-corrected chi connectivity index (χ1v) is 5.97. The number of hydrogen-bond donors (Lipinski definition) is 1. The highest BCUT2D eigenvalue weighted by Crippen LogP contribution is 2.32. The van der Waals surface area contributed by atoms with Crippen LogP contribution in [-0.2, 0) is 14.3 Å². The highest BCUT2D eigenvalue weighted by molar-refractivity contribution is 9.11. The molecular weight excluding hydrogens is 294 g/mol. The van der Waals surface area contributed by atoms with Crippen LogP contribution >= 0.6 is 27.3 Å². The highest BCUT2D eigenvalue weighted by Gasteiger charge is 2.07. The zero-order valence-electron chi connectivity index (χ0n) is 8.74. The van der Waals surface area contributed by atoms with Gasteiger partial charge in [-0.1, -0.05) is 0 Å². The maximum Gasteiger partial charge on any atom is 0.330 e. The third-order valence-electron chi connectivity index (χ3n) is 1.62. The van der Waals surface area contributed by atoms with Crippen molar-refractivity contribution >= 4 is 50.2 Å². The number of rotatable bonds is 3. The lowest BCUT2D eigenvalue weighted by Gasteiger charge is -1.98. The first-order chi connectivity index (χ1) is 7.52. The molecule has 0 unspecified atom stereocenters. The van der Waals surface area contributed by atoms with Gasteiger partial charge in [0.15, 0.2) is 0 Å². The lowest BCUT2D eigenvalue weighted by atomic mass is 10.3. The number of ether oxygens (including phenoxy) is 1. The van der Waals surface area contributed by atoms with Gasteiger partial charge in [0.05, 0.1) is 10.9 Å². The molecule has 0 fully saturated rings. The standard InChI is InChI=1S/C10H10BrNO3S/c1-6(13)12-10-7(5-8(11)16-10)3-4-9(14)15-2/h3-5H,1-2H3,(H,12,13)/b4-3-. The lowest BCUT2D eigenvalue weighted by molar-refractivity contribution is -0.134. The molecule has 0 atom stereocenters. The molecule has 4 nitrogen and oxygen atoms in total. The Morgan fingerprint density at radius 1 is 1.56 bits per heavy atom. The third-order valence-corrected chi connectivity index (χ3v) is 3.19. The number of nitrogens with one attached hydrogen (secondary N) is 1. The van der Waals surface area contributed by atoms with Crippen LogP contribution < -0.4 is 5.32 Å². The summed E-state index contributed by atoms with van der Waals surface area (Å²) >= 11 is 4.70. The molecule has 16 heavy (non-hydrogen) atoms. The van der Waals surface area contributed by atoms with Gasteiger partial charge in [0.1, 0.15) is 5.00 Å². The van der Waals surface area contributed by atoms with Gasteiger partial charge in [-0.3, -0.25) is 4.79 Å². The molecule has 1 aromatic rings.